The van der Waals surface area contributed by atoms with E-state index in [1.54, 1.807) is 0 Å². The lowest BCUT2D eigenvalue weighted by Crippen LogP contribution is -2.31. The van der Waals surface area contributed by atoms with E-state index in [9.17, 15) is 4.79 Å². The van der Waals surface area contributed by atoms with E-state index in [4.69, 9.17) is 0 Å². The summed E-state index contributed by atoms with van der Waals surface area (Å²) >= 11 is 0. The number of rotatable bonds is 9. The molecule has 0 unspecified atom stereocenters. The van der Waals surface area contributed by atoms with Crippen molar-refractivity contribution >= 4 is 6.47 Å². The Labute approximate surface area is 98.9 Å². The second-order valence-corrected chi connectivity index (χ2v) is 4.67. The molecule has 0 aromatic heterocycles. The van der Waals surface area contributed by atoms with Gasteiger partial charge >= 0.3 is 0 Å². The topological polar surface area (TPSA) is 38.3 Å². The van der Waals surface area contributed by atoms with Crippen LogP contribution in [0, 0.1) is 0 Å². The average molecular weight is 227 g/mol. The maximum atomic E-state index is 9.88. The Hall–Kier alpha value is -0.570. The molecule has 0 aromatic carbocycles. The molecule has 3 heteroatoms. The van der Waals surface area contributed by atoms with Crippen LogP contribution >= 0.6 is 0 Å². The van der Waals surface area contributed by atoms with Gasteiger partial charge in [-0.2, -0.15) is 0 Å². The minimum atomic E-state index is 0.532. The molecule has 3 nitrogen and oxygen atoms in total. The lowest BCUT2D eigenvalue weighted by Gasteiger charge is -2.22. The molecule has 1 fully saturated rings. The summed E-state index contributed by atoms with van der Waals surface area (Å²) in [4.78, 5) is 9.88. The number of ether oxygens (including phenoxy) is 1. The van der Waals surface area contributed by atoms with Crippen LogP contribution in [0.1, 0.15) is 57.8 Å². The van der Waals surface area contributed by atoms with E-state index in [2.05, 4.69) is 10.1 Å². The Balaban J connectivity index is 1.78. The second kappa shape index (κ2) is 9.64. The maximum absolute atomic E-state index is 9.88. The average Bonchev–Trinajstić information content (AvgIpc) is 2.34. The minimum absolute atomic E-state index is 0.532. The summed E-state index contributed by atoms with van der Waals surface area (Å²) in [5, 5.41) is 3.64. The van der Waals surface area contributed by atoms with Gasteiger partial charge in [-0.3, -0.25) is 4.79 Å². The summed E-state index contributed by atoms with van der Waals surface area (Å²) in [5.41, 5.74) is 0. The molecule has 0 heterocycles. The molecule has 0 bridgehead atoms. The summed E-state index contributed by atoms with van der Waals surface area (Å²) in [6, 6.07) is 0.784. The van der Waals surface area contributed by atoms with Gasteiger partial charge in [-0.15, -0.1) is 0 Å². The molecular weight excluding hydrogens is 202 g/mol. The van der Waals surface area contributed by atoms with Gasteiger partial charge in [-0.25, -0.2) is 0 Å². The molecular formula is C13H25NO2. The monoisotopic (exact) mass is 227 g/mol. The zero-order valence-corrected chi connectivity index (χ0v) is 10.2. The molecule has 1 aliphatic carbocycles. The van der Waals surface area contributed by atoms with Gasteiger partial charge in [0.05, 0.1) is 6.61 Å². The molecule has 1 saturated carbocycles. The third kappa shape index (κ3) is 6.83. The Bertz CT molecular complexity index is 167. The molecule has 0 amide bonds. The zero-order chi connectivity index (χ0) is 11.5. The molecule has 16 heavy (non-hydrogen) atoms. The van der Waals surface area contributed by atoms with Gasteiger partial charge in [0.2, 0.25) is 0 Å². The summed E-state index contributed by atoms with van der Waals surface area (Å²) in [7, 11) is 0. The summed E-state index contributed by atoms with van der Waals surface area (Å²) in [5.74, 6) is 0. The highest BCUT2D eigenvalue weighted by Crippen LogP contribution is 2.17. The van der Waals surface area contributed by atoms with Crippen LogP contribution in [0.15, 0.2) is 0 Å². The molecule has 0 aliphatic heterocycles. The Morgan fingerprint density at radius 2 is 1.81 bits per heavy atom. The molecule has 0 radical (unpaired) electrons. The first-order chi connectivity index (χ1) is 7.93. The van der Waals surface area contributed by atoms with Crippen LogP contribution in [-0.4, -0.2) is 25.7 Å². The van der Waals surface area contributed by atoms with Gasteiger partial charge in [0, 0.05) is 6.04 Å². The van der Waals surface area contributed by atoms with Gasteiger partial charge in [-0.1, -0.05) is 32.1 Å². The molecule has 0 spiro atoms. The van der Waals surface area contributed by atoms with Gasteiger partial charge in [0.25, 0.3) is 6.47 Å². The van der Waals surface area contributed by atoms with Crippen LogP contribution in [0.2, 0.25) is 0 Å². The number of carbonyl (C=O) groups is 1. The van der Waals surface area contributed by atoms with E-state index >= 15 is 0 Å². The Morgan fingerprint density at radius 3 is 2.56 bits per heavy atom. The highest BCUT2D eigenvalue weighted by Gasteiger charge is 2.11. The number of nitrogens with one attached hydrogen (secondary N) is 1. The van der Waals surface area contributed by atoms with Crippen molar-refractivity contribution in [3.8, 4) is 0 Å². The number of hydrogen-bond donors (Lipinski definition) is 1. The summed E-state index contributed by atoms with van der Waals surface area (Å²) in [6.07, 6.45) is 11.6. The lowest BCUT2D eigenvalue weighted by atomic mass is 9.95. The molecule has 0 saturated heterocycles. The predicted molar refractivity (Wildman–Crippen MR) is 65.4 cm³/mol. The van der Waals surface area contributed by atoms with E-state index in [0.717, 1.165) is 19.0 Å². The highest BCUT2D eigenvalue weighted by atomic mass is 16.5. The quantitative estimate of drug-likeness (QED) is 0.486. The van der Waals surface area contributed by atoms with Gasteiger partial charge in [-0.05, 0) is 32.2 Å². The van der Waals surface area contributed by atoms with Crippen molar-refractivity contribution in [1.82, 2.24) is 5.32 Å². The van der Waals surface area contributed by atoms with Crippen molar-refractivity contribution in [2.24, 2.45) is 0 Å². The summed E-state index contributed by atoms with van der Waals surface area (Å²) < 4.78 is 4.64. The fourth-order valence-corrected chi connectivity index (χ4v) is 2.32. The fraction of sp³-hybridized carbons (Fsp3) is 0.923. The van der Waals surface area contributed by atoms with Crippen molar-refractivity contribution < 1.29 is 9.53 Å². The van der Waals surface area contributed by atoms with Crippen molar-refractivity contribution in [2.75, 3.05) is 13.2 Å². The van der Waals surface area contributed by atoms with Crippen molar-refractivity contribution in [3.63, 3.8) is 0 Å². The van der Waals surface area contributed by atoms with Crippen molar-refractivity contribution in [2.45, 2.75) is 63.8 Å². The maximum Gasteiger partial charge on any atom is 0.293 e. The normalized spacial score (nSPS) is 17.2. The standard InChI is InChI=1S/C13H25NO2/c15-12-16-11-7-2-1-6-10-14-13-8-4-3-5-9-13/h12-14H,1-11H2. The van der Waals surface area contributed by atoms with Gasteiger partial charge in [0.15, 0.2) is 0 Å². The van der Waals surface area contributed by atoms with E-state index < -0.39 is 0 Å². The van der Waals surface area contributed by atoms with Crippen LogP contribution in [0.25, 0.3) is 0 Å². The SMILES string of the molecule is O=COCCCCCCNC1CCCCC1. The van der Waals surface area contributed by atoms with Crippen LogP contribution in [0.3, 0.4) is 0 Å². The molecule has 0 atom stereocenters. The Morgan fingerprint density at radius 1 is 1.06 bits per heavy atom. The fourth-order valence-electron chi connectivity index (χ4n) is 2.32. The minimum Gasteiger partial charge on any atom is -0.468 e. The number of unbranched alkanes of at least 4 members (excludes halogenated alkanes) is 3. The van der Waals surface area contributed by atoms with E-state index in [-0.39, 0.29) is 0 Å². The number of hydrogen-bond acceptors (Lipinski definition) is 3. The van der Waals surface area contributed by atoms with Crippen LogP contribution in [0.5, 0.6) is 0 Å². The predicted octanol–water partition coefficient (Wildman–Crippen LogP) is 2.64. The first kappa shape index (κ1) is 13.5. The lowest BCUT2D eigenvalue weighted by molar-refractivity contribution is -0.128. The zero-order valence-electron chi connectivity index (χ0n) is 10.2. The largest absolute Gasteiger partial charge is 0.468 e. The molecule has 1 aliphatic rings. The van der Waals surface area contributed by atoms with Crippen LogP contribution in [-0.2, 0) is 9.53 Å². The molecule has 1 rings (SSSR count). The van der Waals surface area contributed by atoms with E-state index in [1.807, 2.05) is 0 Å². The Kier molecular flexibility index (Phi) is 8.13. The van der Waals surface area contributed by atoms with Crippen LogP contribution in [0.4, 0.5) is 0 Å². The second-order valence-electron chi connectivity index (χ2n) is 4.67. The molecule has 1 N–H and O–H groups in total. The molecule has 0 aromatic rings. The van der Waals surface area contributed by atoms with Crippen LogP contribution < -0.4 is 5.32 Å². The smallest absolute Gasteiger partial charge is 0.293 e. The highest BCUT2D eigenvalue weighted by molar-refractivity contribution is 5.36. The third-order valence-corrected chi connectivity index (χ3v) is 3.30. The molecule has 94 valence electrons. The van der Waals surface area contributed by atoms with Crippen molar-refractivity contribution in [1.29, 1.82) is 0 Å². The van der Waals surface area contributed by atoms with Gasteiger partial charge < -0.3 is 10.1 Å². The van der Waals surface area contributed by atoms with Crippen molar-refractivity contribution in [3.05, 3.63) is 0 Å². The number of carbonyl (C=O) groups excluding carboxylic acids is 1. The first-order valence-electron chi connectivity index (χ1n) is 6.72. The third-order valence-electron chi connectivity index (χ3n) is 3.30. The van der Waals surface area contributed by atoms with E-state index in [0.29, 0.717) is 13.1 Å². The first-order valence-corrected chi connectivity index (χ1v) is 6.72. The summed E-state index contributed by atoms with van der Waals surface area (Å²) in [6.45, 7) is 2.27. The van der Waals surface area contributed by atoms with E-state index in [1.165, 1.54) is 51.4 Å². The van der Waals surface area contributed by atoms with Gasteiger partial charge in [0.1, 0.15) is 0 Å².